The van der Waals surface area contributed by atoms with Crippen LogP contribution in [0.25, 0.3) is 0 Å². The van der Waals surface area contributed by atoms with Crippen LogP contribution in [0.15, 0.2) is 23.7 Å². The monoisotopic (exact) mass is 248 g/mol. The van der Waals surface area contributed by atoms with E-state index in [0.29, 0.717) is 5.69 Å². The summed E-state index contributed by atoms with van der Waals surface area (Å²) in [7, 11) is 0. The van der Waals surface area contributed by atoms with Gasteiger partial charge >= 0.3 is 0 Å². The van der Waals surface area contributed by atoms with Crippen molar-refractivity contribution in [1.29, 1.82) is 0 Å². The topological polar surface area (TPSA) is 63.8 Å². The molecule has 0 fully saturated rings. The summed E-state index contributed by atoms with van der Waals surface area (Å²) < 4.78 is 0. The molecule has 2 aromatic rings. The van der Waals surface area contributed by atoms with Crippen LogP contribution in [-0.2, 0) is 5.41 Å². The summed E-state index contributed by atoms with van der Waals surface area (Å²) in [5, 5.41) is 6.09. The molecular weight excluding hydrogens is 232 g/mol. The van der Waals surface area contributed by atoms with Crippen molar-refractivity contribution in [2.24, 2.45) is 0 Å². The number of nitrogens with zero attached hydrogens (tertiary/aromatic N) is 2. The molecule has 0 radical (unpaired) electrons. The molecule has 0 aliphatic heterocycles. The Morgan fingerprint density at radius 3 is 2.59 bits per heavy atom. The van der Waals surface area contributed by atoms with Crippen LogP contribution in [0.2, 0.25) is 0 Å². The van der Waals surface area contributed by atoms with Gasteiger partial charge in [-0.1, -0.05) is 20.8 Å². The van der Waals surface area contributed by atoms with Crippen LogP contribution in [0.4, 0.5) is 16.6 Å². The predicted octanol–water partition coefficient (Wildman–Crippen LogP) is 3.16. The van der Waals surface area contributed by atoms with Gasteiger partial charge in [0.05, 0.1) is 17.6 Å². The van der Waals surface area contributed by atoms with E-state index in [1.54, 1.807) is 17.5 Å². The normalized spacial score (nSPS) is 11.5. The number of anilines is 3. The van der Waals surface area contributed by atoms with Crippen molar-refractivity contribution in [3.05, 3.63) is 29.4 Å². The van der Waals surface area contributed by atoms with E-state index in [2.05, 4.69) is 41.4 Å². The van der Waals surface area contributed by atoms with E-state index in [-0.39, 0.29) is 5.41 Å². The van der Waals surface area contributed by atoms with Crippen LogP contribution >= 0.6 is 11.3 Å². The van der Waals surface area contributed by atoms with E-state index in [1.165, 1.54) is 0 Å². The van der Waals surface area contributed by atoms with Gasteiger partial charge in [-0.25, -0.2) is 9.97 Å². The summed E-state index contributed by atoms with van der Waals surface area (Å²) in [4.78, 5) is 8.71. The first kappa shape index (κ1) is 11.9. The maximum Gasteiger partial charge on any atom is 0.188 e. The molecule has 2 aromatic heterocycles. The van der Waals surface area contributed by atoms with Gasteiger partial charge in [-0.2, -0.15) is 0 Å². The van der Waals surface area contributed by atoms with Gasteiger partial charge in [-0.15, -0.1) is 11.3 Å². The minimum Gasteiger partial charge on any atom is -0.397 e. The van der Waals surface area contributed by atoms with Crippen LogP contribution in [0.3, 0.4) is 0 Å². The molecule has 0 saturated carbocycles. The molecule has 2 heterocycles. The maximum absolute atomic E-state index is 5.58. The number of aromatic nitrogens is 2. The molecule has 5 heteroatoms. The Bertz CT molecular complexity index is 496. The molecule has 90 valence electrons. The molecule has 0 unspecified atom stereocenters. The Morgan fingerprint density at radius 1 is 1.29 bits per heavy atom. The third-order valence-corrected chi connectivity index (χ3v) is 3.05. The third kappa shape index (κ3) is 2.94. The van der Waals surface area contributed by atoms with E-state index >= 15 is 0 Å². The molecule has 0 aliphatic carbocycles. The number of hydrogen-bond acceptors (Lipinski definition) is 5. The van der Waals surface area contributed by atoms with Gasteiger partial charge in [0.2, 0.25) is 0 Å². The highest BCUT2D eigenvalue weighted by Crippen LogP contribution is 2.27. The van der Waals surface area contributed by atoms with Crippen LogP contribution in [0.5, 0.6) is 0 Å². The zero-order valence-corrected chi connectivity index (χ0v) is 11.0. The fourth-order valence-electron chi connectivity index (χ4n) is 1.26. The Balaban J connectivity index is 2.14. The summed E-state index contributed by atoms with van der Waals surface area (Å²) in [6.07, 6.45) is 1.63. The summed E-state index contributed by atoms with van der Waals surface area (Å²) in [6, 6.07) is 3.65. The van der Waals surface area contributed by atoms with Crippen molar-refractivity contribution in [3.8, 4) is 0 Å². The first-order valence-corrected chi connectivity index (χ1v) is 6.28. The van der Waals surface area contributed by atoms with Gasteiger partial charge in [-0.05, 0) is 12.1 Å². The molecule has 2 rings (SSSR count). The first-order valence-electron chi connectivity index (χ1n) is 5.40. The van der Waals surface area contributed by atoms with E-state index in [4.69, 9.17) is 5.73 Å². The van der Waals surface area contributed by atoms with Crippen molar-refractivity contribution in [2.45, 2.75) is 26.2 Å². The molecule has 0 aromatic carbocycles. The smallest absolute Gasteiger partial charge is 0.188 e. The van der Waals surface area contributed by atoms with Gasteiger partial charge in [0.25, 0.3) is 0 Å². The molecule has 4 nitrogen and oxygen atoms in total. The predicted molar refractivity (Wildman–Crippen MR) is 72.7 cm³/mol. The van der Waals surface area contributed by atoms with E-state index in [9.17, 15) is 0 Å². The quantitative estimate of drug-likeness (QED) is 0.857. The summed E-state index contributed by atoms with van der Waals surface area (Å²) in [5.41, 5.74) is 7.39. The number of nitrogens with two attached hydrogens (primary N) is 1. The first-order chi connectivity index (χ1) is 7.95. The lowest BCUT2D eigenvalue weighted by Gasteiger charge is -2.14. The number of thiazole rings is 1. The zero-order valence-electron chi connectivity index (χ0n) is 10.2. The zero-order chi connectivity index (χ0) is 12.5. The van der Waals surface area contributed by atoms with Crippen LogP contribution in [0, 0.1) is 0 Å². The van der Waals surface area contributed by atoms with Crippen molar-refractivity contribution < 1.29 is 0 Å². The number of rotatable bonds is 2. The van der Waals surface area contributed by atoms with Crippen molar-refractivity contribution in [3.63, 3.8) is 0 Å². The lowest BCUT2D eigenvalue weighted by Crippen LogP contribution is -2.11. The van der Waals surface area contributed by atoms with Gasteiger partial charge in [0.1, 0.15) is 5.82 Å². The Kier molecular flexibility index (Phi) is 3.02. The Labute approximate surface area is 105 Å². The fraction of sp³-hybridized carbons (Fsp3) is 0.333. The van der Waals surface area contributed by atoms with Crippen molar-refractivity contribution >= 4 is 28.0 Å². The fourth-order valence-corrected chi connectivity index (χ4v) is 2.21. The largest absolute Gasteiger partial charge is 0.397 e. The highest BCUT2D eigenvalue weighted by atomic mass is 32.1. The van der Waals surface area contributed by atoms with Crippen LogP contribution < -0.4 is 11.1 Å². The SMILES string of the molecule is CC(C)(C)c1csc(Nc2ccc(N)cn2)n1. The molecule has 0 atom stereocenters. The highest BCUT2D eigenvalue weighted by molar-refractivity contribution is 7.13. The molecule has 0 spiro atoms. The van der Waals surface area contributed by atoms with E-state index in [0.717, 1.165) is 16.6 Å². The van der Waals surface area contributed by atoms with Gasteiger partial charge in [0.15, 0.2) is 5.13 Å². The van der Waals surface area contributed by atoms with E-state index < -0.39 is 0 Å². The number of hydrogen-bond donors (Lipinski definition) is 2. The van der Waals surface area contributed by atoms with Gasteiger partial charge in [-0.3, -0.25) is 0 Å². The second-order valence-corrected chi connectivity index (χ2v) is 5.75. The molecular formula is C12H16N4S. The molecule has 0 saturated heterocycles. The average Bonchev–Trinajstić information content (AvgIpc) is 2.69. The van der Waals surface area contributed by atoms with Gasteiger partial charge in [0, 0.05) is 10.8 Å². The molecule has 0 amide bonds. The maximum atomic E-state index is 5.58. The van der Waals surface area contributed by atoms with Gasteiger partial charge < -0.3 is 11.1 Å². The minimum absolute atomic E-state index is 0.0744. The molecule has 0 aliphatic rings. The lowest BCUT2D eigenvalue weighted by molar-refractivity contribution is 0.573. The third-order valence-electron chi connectivity index (χ3n) is 2.29. The number of pyridine rings is 1. The molecule has 0 bridgehead atoms. The Hall–Kier alpha value is -1.62. The summed E-state index contributed by atoms with van der Waals surface area (Å²) in [5.74, 6) is 0.758. The highest BCUT2D eigenvalue weighted by Gasteiger charge is 2.17. The molecule has 17 heavy (non-hydrogen) atoms. The second-order valence-electron chi connectivity index (χ2n) is 4.89. The Morgan fingerprint density at radius 2 is 2.06 bits per heavy atom. The van der Waals surface area contributed by atoms with Crippen molar-refractivity contribution in [2.75, 3.05) is 11.1 Å². The standard InChI is InChI=1S/C12H16N4S/c1-12(2,3)9-7-17-11(15-9)16-10-5-4-8(13)6-14-10/h4-7H,13H2,1-3H3,(H,14,15,16). The minimum atomic E-state index is 0.0744. The number of nitrogens with one attached hydrogen (secondary N) is 1. The lowest BCUT2D eigenvalue weighted by atomic mass is 9.93. The van der Waals surface area contributed by atoms with Crippen LogP contribution in [0.1, 0.15) is 26.5 Å². The van der Waals surface area contributed by atoms with Crippen molar-refractivity contribution in [1.82, 2.24) is 9.97 Å². The van der Waals surface area contributed by atoms with E-state index in [1.807, 2.05) is 12.1 Å². The second kappa shape index (κ2) is 4.33. The van der Waals surface area contributed by atoms with Crippen LogP contribution in [-0.4, -0.2) is 9.97 Å². The molecule has 3 N–H and O–H groups in total. The number of nitrogen functional groups attached to an aromatic ring is 1. The summed E-state index contributed by atoms with van der Waals surface area (Å²) >= 11 is 1.58. The summed E-state index contributed by atoms with van der Waals surface area (Å²) in [6.45, 7) is 6.44. The average molecular weight is 248 g/mol.